The maximum atomic E-state index is 13.4. The summed E-state index contributed by atoms with van der Waals surface area (Å²) >= 11 is 0. The lowest BCUT2D eigenvalue weighted by Crippen LogP contribution is -2.27. The van der Waals surface area contributed by atoms with Crippen LogP contribution in [0.5, 0.6) is 0 Å². The molecule has 0 fully saturated rings. The SMILES string of the molecule is CCN1c2ccccc2Cc2c1oc1ccc3ccccc3c1c2=O. The van der Waals surface area contributed by atoms with Gasteiger partial charge in [-0.25, -0.2) is 0 Å². The third-order valence-electron chi connectivity index (χ3n) is 5.07. The minimum Gasteiger partial charge on any atom is -0.440 e. The van der Waals surface area contributed by atoms with E-state index < -0.39 is 0 Å². The minimum absolute atomic E-state index is 0.0843. The summed E-state index contributed by atoms with van der Waals surface area (Å²) in [6.07, 6.45) is 0.615. The van der Waals surface area contributed by atoms with Crippen molar-refractivity contribution >= 4 is 33.3 Å². The molecule has 1 aliphatic heterocycles. The molecule has 25 heavy (non-hydrogen) atoms. The third kappa shape index (κ3) is 1.96. The molecular weight excluding hydrogens is 310 g/mol. The van der Waals surface area contributed by atoms with Gasteiger partial charge in [0.15, 0.2) is 5.43 Å². The Kier molecular flexibility index (Phi) is 2.98. The number of hydrogen-bond acceptors (Lipinski definition) is 3. The highest BCUT2D eigenvalue weighted by Gasteiger charge is 2.27. The van der Waals surface area contributed by atoms with Crippen molar-refractivity contribution in [1.82, 2.24) is 0 Å². The van der Waals surface area contributed by atoms with Gasteiger partial charge in [-0.15, -0.1) is 0 Å². The van der Waals surface area contributed by atoms with Gasteiger partial charge in [-0.1, -0.05) is 48.5 Å². The number of benzene rings is 3. The lowest BCUT2D eigenvalue weighted by atomic mass is 9.96. The molecule has 0 N–H and O–H groups in total. The number of anilines is 2. The largest absolute Gasteiger partial charge is 0.440 e. The van der Waals surface area contributed by atoms with Gasteiger partial charge in [0.05, 0.1) is 10.9 Å². The first kappa shape index (κ1) is 14.3. The Bertz CT molecular complexity index is 1190. The topological polar surface area (TPSA) is 33.5 Å². The first-order valence-corrected chi connectivity index (χ1v) is 8.61. The van der Waals surface area contributed by atoms with Crippen LogP contribution in [0.25, 0.3) is 21.7 Å². The normalized spacial score (nSPS) is 13.1. The number of rotatable bonds is 1. The van der Waals surface area contributed by atoms with Crippen molar-refractivity contribution in [3.63, 3.8) is 0 Å². The zero-order chi connectivity index (χ0) is 17.0. The van der Waals surface area contributed by atoms with Crippen molar-refractivity contribution in [2.75, 3.05) is 11.4 Å². The molecule has 2 heterocycles. The monoisotopic (exact) mass is 327 g/mol. The predicted molar refractivity (Wildman–Crippen MR) is 102 cm³/mol. The number of para-hydroxylation sites is 1. The lowest BCUT2D eigenvalue weighted by molar-refractivity contribution is 0.584. The van der Waals surface area contributed by atoms with E-state index in [0.717, 1.165) is 28.6 Å². The Morgan fingerprint density at radius 2 is 1.80 bits per heavy atom. The molecule has 0 bridgehead atoms. The Labute approximate surface area is 145 Å². The molecule has 3 aromatic carbocycles. The molecule has 0 saturated heterocycles. The van der Waals surface area contributed by atoms with Crippen LogP contribution < -0.4 is 10.3 Å². The van der Waals surface area contributed by atoms with E-state index in [-0.39, 0.29) is 5.43 Å². The maximum absolute atomic E-state index is 13.4. The van der Waals surface area contributed by atoms with Crippen LogP contribution in [-0.2, 0) is 6.42 Å². The second-order valence-corrected chi connectivity index (χ2v) is 6.42. The molecule has 1 aromatic heterocycles. The molecule has 1 aliphatic rings. The van der Waals surface area contributed by atoms with Crippen molar-refractivity contribution in [3.05, 3.63) is 82.0 Å². The molecule has 4 aromatic rings. The molecule has 3 nitrogen and oxygen atoms in total. The number of hydrogen-bond donors (Lipinski definition) is 0. The average Bonchev–Trinajstić information content (AvgIpc) is 2.66. The second-order valence-electron chi connectivity index (χ2n) is 6.42. The summed E-state index contributed by atoms with van der Waals surface area (Å²) in [5, 5.41) is 2.71. The first-order chi connectivity index (χ1) is 12.3. The molecule has 0 saturated carbocycles. The summed E-state index contributed by atoms with van der Waals surface area (Å²) in [7, 11) is 0. The average molecular weight is 327 g/mol. The van der Waals surface area contributed by atoms with Gasteiger partial charge in [0.1, 0.15) is 5.58 Å². The standard InChI is InChI=1S/C22H17NO2/c1-2-23-18-10-6-4-8-15(18)13-17-21(24)20-16-9-5-3-7-14(16)11-12-19(20)25-22(17)23/h3-12H,2,13H2,1H3. The number of fused-ring (bicyclic) bond motifs is 5. The van der Waals surface area contributed by atoms with Gasteiger partial charge in [0, 0.05) is 18.7 Å². The lowest BCUT2D eigenvalue weighted by Gasteiger charge is -2.30. The van der Waals surface area contributed by atoms with Crippen LogP contribution in [0.2, 0.25) is 0 Å². The van der Waals surface area contributed by atoms with Gasteiger partial charge < -0.3 is 9.32 Å². The highest BCUT2D eigenvalue weighted by Crippen LogP contribution is 2.39. The third-order valence-corrected chi connectivity index (χ3v) is 5.07. The van der Waals surface area contributed by atoms with Gasteiger partial charge in [-0.3, -0.25) is 4.79 Å². The highest BCUT2D eigenvalue weighted by molar-refractivity contribution is 6.06. The van der Waals surface area contributed by atoms with E-state index >= 15 is 0 Å². The van der Waals surface area contributed by atoms with Crippen molar-refractivity contribution < 1.29 is 4.42 Å². The van der Waals surface area contributed by atoms with Gasteiger partial charge in [0.2, 0.25) is 5.88 Å². The van der Waals surface area contributed by atoms with Crippen LogP contribution in [0.15, 0.2) is 69.9 Å². The van der Waals surface area contributed by atoms with Gasteiger partial charge in [-0.05, 0) is 35.4 Å². The fourth-order valence-electron chi connectivity index (χ4n) is 3.90. The van der Waals surface area contributed by atoms with Crippen LogP contribution in [0.1, 0.15) is 18.1 Å². The van der Waals surface area contributed by atoms with Crippen LogP contribution in [-0.4, -0.2) is 6.54 Å². The Hall–Kier alpha value is -3.07. The fourth-order valence-corrected chi connectivity index (χ4v) is 3.90. The van der Waals surface area contributed by atoms with Gasteiger partial charge >= 0.3 is 0 Å². The molecular formula is C22H17NO2. The zero-order valence-electron chi connectivity index (χ0n) is 14.0. The van der Waals surface area contributed by atoms with Crippen molar-refractivity contribution in [3.8, 4) is 0 Å². The predicted octanol–water partition coefficient (Wildman–Crippen LogP) is 5.01. The quantitative estimate of drug-likeness (QED) is 0.461. The van der Waals surface area contributed by atoms with E-state index in [1.165, 1.54) is 5.56 Å². The molecule has 0 unspecified atom stereocenters. The molecule has 0 spiro atoms. The van der Waals surface area contributed by atoms with Crippen LogP contribution in [0.4, 0.5) is 11.6 Å². The van der Waals surface area contributed by atoms with Gasteiger partial charge in [0.25, 0.3) is 0 Å². The van der Waals surface area contributed by atoms with E-state index in [0.29, 0.717) is 23.3 Å². The Morgan fingerprint density at radius 3 is 2.68 bits per heavy atom. The first-order valence-electron chi connectivity index (χ1n) is 8.61. The highest BCUT2D eigenvalue weighted by atomic mass is 16.4. The molecule has 0 atom stereocenters. The van der Waals surface area contributed by atoms with E-state index in [4.69, 9.17) is 4.42 Å². The van der Waals surface area contributed by atoms with Gasteiger partial charge in [-0.2, -0.15) is 0 Å². The fraction of sp³-hybridized carbons (Fsp3) is 0.136. The molecule has 5 rings (SSSR count). The maximum Gasteiger partial charge on any atom is 0.207 e. The minimum atomic E-state index is 0.0843. The van der Waals surface area contributed by atoms with Crippen LogP contribution >= 0.6 is 0 Å². The van der Waals surface area contributed by atoms with E-state index in [9.17, 15) is 4.79 Å². The summed E-state index contributed by atoms with van der Waals surface area (Å²) in [5.74, 6) is 0.689. The van der Waals surface area contributed by atoms with E-state index in [2.05, 4.69) is 24.0 Å². The summed E-state index contributed by atoms with van der Waals surface area (Å²) < 4.78 is 6.26. The summed E-state index contributed by atoms with van der Waals surface area (Å²) in [6.45, 7) is 2.84. The summed E-state index contributed by atoms with van der Waals surface area (Å²) in [5.41, 5.74) is 3.79. The smallest absolute Gasteiger partial charge is 0.207 e. The van der Waals surface area contributed by atoms with Crippen LogP contribution in [0, 0.1) is 0 Å². The Balaban J connectivity index is 1.89. The summed E-state index contributed by atoms with van der Waals surface area (Å²) in [4.78, 5) is 15.5. The molecule has 0 amide bonds. The zero-order valence-corrected chi connectivity index (χ0v) is 14.0. The van der Waals surface area contributed by atoms with E-state index in [1.54, 1.807) is 0 Å². The Morgan fingerprint density at radius 1 is 1.00 bits per heavy atom. The molecule has 122 valence electrons. The van der Waals surface area contributed by atoms with Crippen molar-refractivity contribution in [2.45, 2.75) is 13.3 Å². The van der Waals surface area contributed by atoms with Crippen molar-refractivity contribution in [1.29, 1.82) is 0 Å². The molecule has 0 radical (unpaired) electrons. The van der Waals surface area contributed by atoms with Crippen LogP contribution in [0.3, 0.4) is 0 Å². The second kappa shape index (κ2) is 5.21. The molecule has 0 aliphatic carbocycles. The van der Waals surface area contributed by atoms with Crippen molar-refractivity contribution in [2.24, 2.45) is 0 Å². The summed E-state index contributed by atoms with van der Waals surface area (Å²) in [6, 6.07) is 20.1. The molecule has 3 heteroatoms. The number of nitrogens with zero attached hydrogens (tertiary/aromatic N) is 1. The van der Waals surface area contributed by atoms with E-state index in [1.807, 2.05) is 48.5 Å².